The van der Waals surface area contributed by atoms with Crippen molar-refractivity contribution in [3.8, 4) is 0 Å². The maximum atomic E-state index is 12.7. The van der Waals surface area contributed by atoms with Gasteiger partial charge in [-0.2, -0.15) is 0 Å². The van der Waals surface area contributed by atoms with E-state index in [4.69, 9.17) is 0 Å². The number of nitrogens with zero attached hydrogens (tertiary/aromatic N) is 2. The molecule has 0 bridgehead atoms. The molecule has 1 aliphatic rings. The monoisotopic (exact) mass is 327 g/mol. The molecule has 1 fully saturated rings. The van der Waals surface area contributed by atoms with Crippen LogP contribution >= 0.6 is 0 Å². The van der Waals surface area contributed by atoms with Crippen LogP contribution in [0.5, 0.6) is 0 Å². The van der Waals surface area contributed by atoms with E-state index in [1.165, 1.54) is 11.0 Å². The van der Waals surface area contributed by atoms with Crippen LogP contribution in [0.3, 0.4) is 0 Å². The molecule has 0 aliphatic heterocycles. The molecule has 2 unspecified atom stereocenters. The molecule has 5 heteroatoms. The Morgan fingerprint density at radius 2 is 2.12 bits per heavy atom. The van der Waals surface area contributed by atoms with Gasteiger partial charge in [-0.1, -0.05) is 20.8 Å². The number of aryl methyl sites for hydroxylation is 1. The van der Waals surface area contributed by atoms with Crippen molar-refractivity contribution < 1.29 is 4.79 Å². The highest BCUT2D eigenvalue weighted by atomic mass is 16.2. The minimum absolute atomic E-state index is 0.116. The molecule has 2 heterocycles. The zero-order valence-electron chi connectivity index (χ0n) is 14.8. The molecule has 2 aromatic heterocycles. The molecule has 2 aromatic rings. The van der Waals surface area contributed by atoms with Crippen LogP contribution in [-0.4, -0.2) is 21.5 Å². The van der Waals surface area contributed by atoms with Gasteiger partial charge in [0.15, 0.2) is 0 Å². The first-order valence-electron chi connectivity index (χ1n) is 8.52. The quantitative estimate of drug-likeness (QED) is 0.922. The maximum Gasteiger partial charge on any atom is 0.264 e. The summed E-state index contributed by atoms with van der Waals surface area (Å²) >= 11 is 0. The summed E-state index contributed by atoms with van der Waals surface area (Å²) in [7, 11) is 1.65. The van der Waals surface area contributed by atoms with E-state index < -0.39 is 0 Å². The minimum Gasteiger partial charge on any atom is -0.349 e. The fourth-order valence-electron chi connectivity index (χ4n) is 4.18. The number of carbonyl (C=O) groups excluding carboxylic acids is 1. The lowest BCUT2D eigenvalue weighted by Crippen LogP contribution is -2.44. The number of fused-ring (bicyclic) bond motifs is 1. The van der Waals surface area contributed by atoms with E-state index in [2.05, 4.69) is 31.1 Å². The molecule has 1 aliphatic carbocycles. The standard InChI is InChI=1S/C19H25N3O2/c1-12-8-14(11-19(2,3)10-12)21-17(23)15-9-13-6-5-7-20-16(13)22(4)18(15)24/h5-7,9,12,14H,8,10-11H2,1-4H3,(H,21,23). The Kier molecular flexibility index (Phi) is 4.20. The van der Waals surface area contributed by atoms with Gasteiger partial charge >= 0.3 is 0 Å². The lowest BCUT2D eigenvalue weighted by Gasteiger charge is -2.39. The molecule has 1 amide bonds. The Morgan fingerprint density at radius 3 is 2.83 bits per heavy atom. The van der Waals surface area contributed by atoms with Crippen LogP contribution in [-0.2, 0) is 7.05 Å². The highest BCUT2D eigenvalue weighted by Gasteiger charge is 2.33. The normalized spacial score (nSPS) is 23.2. The largest absolute Gasteiger partial charge is 0.349 e. The van der Waals surface area contributed by atoms with Crippen molar-refractivity contribution >= 4 is 16.9 Å². The molecule has 1 N–H and O–H groups in total. The highest BCUT2D eigenvalue weighted by Crippen LogP contribution is 2.38. The molecule has 0 saturated heterocycles. The lowest BCUT2D eigenvalue weighted by molar-refractivity contribution is 0.0872. The minimum atomic E-state index is -0.304. The van der Waals surface area contributed by atoms with Gasteiger partial charge in [0, 0.05) is 24.7 Å². The van der Waals surface area contributed by atoms with Crippen LogP contribution in [0.15, 0.2) is 29.2 Å². The second-order valence-electron chi connectivity index (χ2n) is 7.92. The Hall–Kier alpha value is -2.17. The first-order chi connectivity index (χ1) is 11.3. The summed E-state index contributed by atoms with van der Waals surface area (Å²) in [6, 6.07) is 5.44. The number of aromatic nitrogens is 2. The molecule has 3 rings (SSSR count). The van der Waals surface area contributed by atoms with E-state index >= 15 is 0 Å². The van der Waals surface area contributed by atoms with Gasteiger partial charge in [0.25, 0.3) is 11.5 Å². The van der Waals surface area contributed by atoms with Crippen LogP contribution in [0.1, 0.15) is 50.4 Å². The van der Waals surface area contributed by atoms with Crippen LogP contribution < -0.4 is 10.9 Å². The van der Waals surface area contributed by atoms with Crippen molar-refractivity contribution in [2.24, 2.45) is 18.4 Å². The summed E-state index contributed by atoms with van der Waals surface area (Å²) in [4.78, 5) is 29.4. The van der Waals surface area contributed by atoms with E-state index in [1.54, 1.807) is 25.4 Å². The molecule has 5 nitrogen and oxygen atoms in total. The third-order valence-electron chi connectivity index (χ3n) is 4.94. The van der Waals surface area contributed by atoms with E-state index in [-0.39, 0.29) is 28.5 Å². The molecule has 1 saturated carbocycles. The van der Waals surface area contributed by atoms with Gasteiger partial charge in [-0.3, -0.25) is 14.2 Å². The molecule has 0 radical (unpaired) electrons. The van der Waals surface area contributed by atoms with Crippen molar-refractivity contribution in [2.75, 3.05) is 0 Å². The third-order valence-corrected chi connectivity index (χ3v) is 4.94. The predicted molar refractivity (Wildman–Crippen MR) is 95.0 cm³/mol. The Labute approximate surface area is 142 Å². The van der Waals surface area contributed by atoms with Gasteiger partial charge in [-0.15, -0.1) is 0 Å². The number of carbonyl (C=O) groups is 1. The Morgan fingerprint density at radius 1 is 1.38 bits per heavy atom. The average Bonchev–Trinajstić information content (AvgIpc) is 2.48. The van der Waals surface area contributed by atoms with Gasteiger partial charge < -0.3 is 5.32 Å². The number of hydrogen-bond acceptors (Lipinski definition) is 3. The van der Waals surface area contributed by atoms with Gasteiger partial charge in [-0.05, 0) is 48.8 Å². The number of amides is 1. The summed E-state index contributed by atoms with van der Waals surface area (Å²) < 4.78 is 1.44. The molecular formula is C19H25N3O2. The first-order valence-corrected chi connectivity index (χ1v) is 8.52. The summed E-state index contributed by atoms with van der Waals surface area (Å²) in [5.41, 5.74) is 0.691. The SMILES string of the molecule is CC1CC(NC(=O)c2cc3cccnc3n(C)c2=O)CC(C)(C)C1. The molecule has 2 atom stereocenters. The third kappa shape index (κ3) is 3.21. The second kappa shape index (κ2) is 6.04. The van der Waals surface area contributed by atoms with E-state index in [1.807, 2.05) is 6.07 Å². The number of nitrogens with one attached hydrogen (secondary N) is 1. The van der Waals surface area contributed by atoms with Crippen molar-refractivity contribution in [3.63, 3.8) is 0 Å². The summed E-state index contributed by atoms with van der Waals surface area (Å²) in [6.07, 6.45) is 4.72. The summed E-state index contributed by atoms with van der Waals surface area (Å²) in [6.45, 7) is 6.70. The number of pyridine rings is 2. The second-order valence-corrected chi connectivity index (χ2v) is 7.92. The van der Waals surface area contributed by atoms with E-state index in [9.17, 15) is 9.59 Å². The molecule has 0 aromatic carbocycles. The molecule has 128 valence electrons. The van der Waals surface area contributed by atoms with E-state index in [0.29, 0.717) is 11.6 Å². The Balaban J connectivity index is 1.89. The lowest BCUT2D eigenvalue weighted by atomic mass is 9.70. The molecule has 0 spiro atoms. The van der Waals surface area contributed by atoms with Gasteiger partial charge in [-0.25, -0.2) is 4.98 Å². The number of rotatable bonds is 2. The van der Waals surface area contributed by atoms with Gasteiger partial charge in [0.2, 0.25) is 0 Å². The predicted octanol–water partition coefficient (Wildman–Crippen LogP) is 2.88. The van der Waals surface area contributed by atoms with Crippen LogP contribution in [0, 0.1) is 11.3 Å². The molecule has 24 heavy (non-hydrogen) atoms. The highest BCUT2D eigenvalue weighted by molar-refractivity contribution is 5.97. The maximum absolute atomic E-state index is 12.7. The van der Waals surface area contributed by atoms with Crippen molar-refractivity contribution in [1.82, 2.24) is 14.9 Å². The van der Waals surface area contributed by atoms with Crippen LogP contribution in [0.25, 0.3) is 11.0 Å². The summed E-state index contributed by atoms with van der Waals surface area (Å²) in [5.74, 6) is 0.291. The van der Waals surface area contributed by atoms with Gasteiger partial charge in [0.1, 0.15) is 11.2 Å². The summed E-state index contributed by atoms with van der Waals surface area (Å²) in [5, 5.41) is 3.87. The zero-order chi connectivity index (χ0) is 17.5. The number of hydrogen-bond donors (Lipinski definition) is 1. The van der Waals surface area contributed by atoms with Crippen molar-refractivity contribution in [1.29, 1.82) is 0 Å². The first kappa shape index (κ1) is 16.7. The van der Waals surface area contributed by atoms with E-state index in [0.717, 1.165) is 18.2 Å². The molecular weight excluding hydrogens is 302 g/mol. The zero-order valence-corrected chi connectivity index (χ0v) is 14.8. The van der Waals surface area contributed by atoms with Crippen molar-refractivity contribution in [2.45, 2.75) is 46.1 Å². The smallest absolute Gasteiger partial charge is 0.264 e. The fourth-order valence-corrected chi connectivity index (χ4v) is 4.18. The van der Waals surface area contributed by atoms with Crippen LogP contribution in [0.4, 0.5) is 0 Å². The Bertz CT molecular complexity index is 838. The van der Waals surface area contributed by atoms with Gasteiger partial charge in [0.05, 0.1) is 0 Å². The average molecular weight is 327 g/mol. The van der Waals surface area contributed by atoms with Crippen LogP contribution in [0.2, 0.25) is 0 Å². The van der Waals surface area contributed by atoms with Crippen molar-refractivity contribution in [3.05, 3.63) is 40.3 Å². The fraction of sp³-hybridized carbons (Fsp3) is 0.526. The topological polar surface area (TPSA) is 64.0 Å².